The number of likely N-dealkylation sites (tertiary alicyclic amines) is 1. The molecule has 2 bridgehead atoms. The van der Waals surface area contributed by atoms with Gasteiger partial charge >= 0.3 is 5.97 Å². The van der Waals surface area contributed by atoms with Gasteiger partial charge in [0.25, 0.3) is 0 Å². The zero-order valence-corrected chi connectivity index (χ0v) is 23.1. The molecule has 6 atom stereocenters. The smallest absolute Gasteiger partial charge is 0.310 e. The van der Waals surface area contributed by atoms with Crippen LogP contribution in [-0.2, 0) is 19.1 Å². The molecule has 0 aromatic heterocycles. The first kappa shape index (κ1) is 28.2. The maximum absolute atomic E-state index is 14.5. The molecule has 0 aromatic rings. The number of thioether (sulfide) groups is 1. The highest BCUT2D eigenvalue weighted by Gasteiger charge is 2.76. The average Bonchev–Trinajstić information content (AvgIpc) is 3.49. The van der Waals surface area contributed by atoms with Gasteiger partial charge in [-0.05, 0) is 50.9 Å². The minimum Gasteiger partial charge on any atom is -0.465 e. The molecule has 4 fully saturated rings. The summed E-state index contributed by atoms with van der Waals surface area (Å²) in [6.07, 6.45) is 12.5. The first-order valence-electron chi connectivity index (χ1n) is 14.2. The Balaban J connectivity index is 1.68. The van der Waals surface area contributed by atoms with Gasteiger partial charge < -0.3 is 19.6 Å². The third-order valence-corrected chi connectivity index (χ3v) is 11.1. The number of esters is 1. The number of hydrogen-bond acceptors (Lipinski definition) is 6. The number of rotatable bonds is 13. The zero-order chi connectivity index (χ0) is 26.6. The second kappa shape index (κ2) is 12.4. The summed E-state index contributed by atoms with van der Waals surface area (Å²) in [5.41, 5.74) is 0. The van der Waals surface area contributed by atoms with Gasteiger partial charge in [0.1, 0.15) is 6.04 Å². The Labute approximate surface area is 226 Å². The van der Waals surface area contributed by atoms with E-state index < -0.39 is 22.6 Å². The van der Waals surface area contributed by atoms with Gasteiger partial charge in [-0.2, -0.15) is 0 Å². The second-order valence-corrected chi connectivity index (χ2v) is 12.7. The Bertz CT molecular complexity index is 874. The third-order valence-electron chi connectivity index (χ3n) is 9.00. The van der Waals surface area contributed by atoms with Crippen molar-refractivity contribution in [2.75, 3.05) is 26.3 Å². The van der Waals surface area contributed by atoms with Crippen molar-refractivity contribution in [3.63, 3.8) is 0 Å². The lowest BCUT2D eigenvalue weighted by atomic mass is 9.66. The quantitative estimate of drug-likeness (QED) is 0.220. The van der Waals surface area contributed by atoms with Crippen molar-refractivity contribution in [3.05, 3.63) is 25.3 Å². The molecule has 3 heterocycles. The van der Waals surface area contributed by atoms with E-state index in [0.29, 0.717) is 25.9 Å². The van der Waals surface area contributed by atoms with Crippen molar-refractivity contribution in [1.82, 2.24) is 9.80 Å². The summed E-state index contributed by atoms with van der Waals surface area (Å²) in [6, 6.07) is -0.420. The fourth-order valence-corrected chi connectivity index (χ4v) is 9.73. The summed E-state index contributed by atoms with van der Waals surface area (Å²) in [5.74, 6) is -1.27. The van der Waals surface area contributed by atoms with Gasteiger partial charge in [0.05, 0.1) is 23.2 Å². The Kier molecular flexibility index (Phi) is 9.43. The molecule has 3 saturated heterocycles. The summed E-state index contributed by atoms with van der Waals surface area (Å²) < 4.78 is 4.98. The third kappa shape index (κ3) is 5.12. The van der Waals surface area contributed by atoms with Crippen LogP contribution in [0, 0.1) is 17.8 Å². The van der Waals surface area contributed by atoms with E-state index in [1.165, 1.54) is 6.42 Å². The van der Waals surface area contributed by atoms with Crippen LogP contribution in [0.5, 0.6) is 0 Å². The van der Waals surface area contributed by atoms with E-state index in [1.807, 2.05) is 4.90 Å². The number of ether oxygens (including phenoxy) is 1. The van der Waals surface area contributed by atoms with Crippen LogP contribution in [0.2, 0.25) is 0 Å². The highest BCUT2D eigenvalue weighted by atomic mass is 32.2. The number of carbonyl (C=O) groups is 3. The molecule has 1 N–H and O–H groups in total. The van der Waals surface area contributed by atoms with E-state index in [2.05, 4.69) is 20.1 Å². The number of aliphatic hydroxyl groups excluding tert-OH is 1. The summed E-state index contributed by atoms with van der Waals surface area (Å²) in [6.45, 7) is 11.1. The van der Waals surface area contributed by atoms with Gasteiger partial charge in [0, 0.05) is 31.0 Å². The van der Waals surface area contributed by atoms with Gasteiger partial charge in [-0.25, -0.2) is 0 Å². The lowest BCUT2D eigenvalue weighted by molar-refractivity contribution is -0.154. The summed E-state index contributed by atoms with van der Waals surface area (Å²) in [4.78, 5) is 45.8. The van der Waals surface area contributed by atoms with Crippen molar-refractivity contribution in [1.29, 1.82) is 0 Å². The molecular weight excluding hydrogens is 488 g/mol. The normalized spacial score (nSPS) is 32.9. The predicted octanol–water partition coefficient (Wildman–Crippen LogP) is 3.95. The molecule has 0 aromatic carbocycles. The summed E-state index contributed by atoms with van der Waals surface area (Å²) in [7, 11) is 0. The molecular formula is C29H44N2O5S. The average molecular weight is 533 g/mol. The topological polar surface area (TPSA) is 87.1 Å². The van der Waals surface area contributed by atoms with E-state index in [1.54, 1.807) is 28.8 Å². The van der Waals surface area contributed by atoms with E-state index in [-0.39, 0.29) is 48.2 Å². The van der Waals surface area contributed by atoms with Gasteiger partial charge in [0.15, 0.2) is 0 Å². The van der Waals surface area contributed by atoms with Crippen molar-refractivity contribution in [2.24, 2.45) is 17.8 Å². The fraction of sp³-hybridized carbons (Fsp3) is 0.759. The predicted molar refractivity (Wildman–Crippen MR) is 146 cm³/mol. The monoisotopic (exact) mass is 532 g/mol. The van der Waals surface area contributed by atoms with Crippen LogP contribution in [0.15, 0.2) is 25.3 Å². The number of unbranched alkanes of at least 4 members (excludes halogenated alkanes) is 2. The summed E-state index contributed by atoms with van der Waals surface area (Å²) >= 11 is 1.71. The number of nitrogens with zero attached hydrogens (tertiary/aromatic N) is 2. The van der Waals surface area contributed by atoms with Crippen molar-refractivity contribution in [3.8, 4) is 0 Å². The van der Waals surface area contributed by atoms with Gasteiger partial charge in [-0.1, -0.05) is 38.3 Å². The second-order valence-electron chi connectivity index (χ2n) is 11.2. The molecule has 2 amide bonds. The van der Waals surface area contributed by atoms with Crippen LogP contribution >= 0.6 is 11.8 Å². The molecule has 206 valence electrons. The number of amides is 2. The standard InChI is InChI=1S/C29H44N2O5S/c1-4-6-18-36-28(35)23-22-19-20(3)29(37-22)24(23)26(33)31(16-11-8-12-17-32)25(29)27(34)30(15-5-2)21-13-9-7-10-14-21/h4-5,20-25,32H,1-2,6-19H2,3H3/t20?,22-,23+,24+,25?,29?/m1/s1. The molecule has 4 aliphatic rings. The number of aliphatic hydroxyl groups is 1. The highest BCUT2D eigenvalue weighted by molar-refractivity contribution is 8.02. The van der Waals surface area contributed by atoms with Crippen LogP contribution in [0.1, 0.15) is 71.1 Å². The van der Waals surface area contributed by atoms with Crippen LogP contribution in [-0.4, -0.2) is 81.1 Å². The number of hydrogen-bond donors (Lipinski definition) is 1. The Morgan fingerprint density at radius 3 is 2.62 bits per heavy atom. The lowest BCUT2D eigenvalue weighted by Gasteiger charge is -2.43. The fourth-order valence-electron chi connectivity index (χ4n) is 7.33. The van der Waals surface area contributed by atoms with E-state index in [4.69, 9.17) is 4.74 Å². The largest absolute Gasteiger partial charge is 0.465 e. The highest BCUT2D eigenvalue weighted by Crippen LogP contribution is 2.68. The SMILES string of the molecule is C=CCCOC(=O)[C@@H]1[C@H]2C(=O)N(CCCCCO)C(C(=O)N(CC=C)C3CCCCC3)C23S[C@@H]1CC3C. The molecule has 37 heavy (non-hydrogen) atoms. The minimum absolute atomic E-state index is 0.00504. The Morgan fingerprint density at radius 1 is 1.19 bits per heavy atom. The van der Waals surface area contributed by atoms with Gasteiger partial charge in [0.2, 0.25) is 11.8 Å². The van der Waals surface area contributed by atoms with Gasteiger partial charge in [-0.15, -0.1) is 24.9 Å². The van der Waals surface area contributed by atoms with Crippen LogP contribution in [0.3, 0.4) is 0 Å². The van der Waals surface area contributed by atoms with E-state index in [0.717, 1.165) is 44.9 Å². The summed E-state index contributed by atoms with van der Waals surface area (Å²) in [5, 5.41) is 9.25. The van der Waals surface area contributed by atoms with Crippen molar-refractivity contribution >= 4 is 29.5 Å². The molecule has 3 unspecified atom stereocenters. The van der Waals surface area contributed by atoms with Crippen LogP contribution < -0.4 is 0 Å². The minimum atomic E-state index is -0.619. The molecule has 1 spiro atoms. The zero-order valence-electron chi connectivity index (χ0n) is 22.3. The molecule has 0 radical (unpaired) electrons. The number of fused-ring (bicyclic) bond motifs is 1. The molecule has 3 aliphatic heterocycles. The molecule has 8 heteroatoms. The molecule has 7 nitrogen and oxygen atoms in total. The van der Waals surface area contributed by atoms with Gasteiger partial charge in [-0.3, -0.25) is 14.4 Å². The van der Waals surface area contributed by atoms with Crippen molar-refractivity contribution < 1.29 is 24.2 Å². The van der Waals surface area contributed by atoms with Crippen LogP contribution in [0.4, 0.5) is 0 Å². The Morgan fingerprint density at radius 2 is 1.95 bits per heavy atom. The molecule has 1 aliphatic carbocycles. The Hall–Kier alpha value is -1.80. The first-order chi connectivity index (χ1) is 17.9. The molecule has 4 rings (SSSR count). The van der Waals surface area contributed by atoms with Crippen LogP contribution in [0.25, 0.3) is 0 Å². The lowest BCUT2D eigenvalue weighted by Crippen LogP contribution is -2.59. The van der Waals surface area contributed by atoms with E-state index >= 15 is 0 Å². The number of carbonyl (C=O) groups excluding carboxylic acids is 3. The van der Waals surface area contributed by atoms with E-state index in [9.17, 15) is 19.5 Å². The maximum Gasteiger partial charge on any atom is 0.310 e. The first-order valence-corrected chi connectivity index (χ1v) is 15.1. The van der Waals surface area contributed by atoms with Crippen molar-refractivity contribution in [2.45, 2.75) is 93.2 Å². The maximum atomic E-state index is 14.5. The molecule has 1 saturated carbocycles.